The van der Waals surface area contributed by atoms with Crippen LogP contribution in [0.15, 0.2) is 18.4 Å². The van der Waals surface area contributed by atoms with Crippen LogP contribution in [0.5, 0.6) is 0 Å². The molecule has 0 saturated heterocycles. The molecule has 2 aromatic rings. The predicted octanol–water partition coefficient (Wildman–Crippen LogP) is 5.60. The molecule has 31 heavy (non-hydrogen) atoms. The molecule has 0 saturated carbocycles. The number of hydrogen-bond donors (Lipinski definition) is 0. The molecule has 0 bridgehead atoms. The number of rotatable bonds is 9. The molecule has 0 aliphatic rings. The molecule has 2 rings (SSSR count). The van der Waals surface area contributed by atoms with Gasteiger partial charge in [0, 0.05) is 35.1 Å². The van der Waals surface area contributed by atoms with Crippen molar-refractivity contribution in [3.05, 3.63) is 65.7 Å². The summed E-state index contributed by atoms with van der Waals surface area (Å²) in [6.45, 7) is 14.5. The molecule has 2 aromatic heterocycles. The van der Waals surface area contributed by atoms with Crippen LogP contribution in [-0.4, -0.2) is 5.78 Å². The molecule has 0 spiro atoms. The van der Waals surface area contributed by atoms with E-state index in [9.17, 15) is 14.4 Å². The second kappa shape index (κ2) is 10.3. The number of hydrogen-bond acceptors (Lipinski definition) is 5. The Morgan fingerprint density at radius 2 is 1.19 bits per heavy atom. The van der Waals surface area contributed by atoms with Crippen LogP contribution in [0.3, 0.4) is 0 Å². The van der Waals surface area contributed by atoms with Gasteiger partial charge in [-0.15, -0.1) is 0 Å². The van der Waals surface area contributed by atoms with Crippen LogP contribution in [0.2, 0.25) is 0 Å². The van der Waals surface area contributed by atoms with Crippen molar-refractivity contribution in [3.63, 3.8) is 0 Å². The average molecular weight is 429 g/mol. The predicted molar refractivity (Wildman–Crippen MR) is 123 cm³/mol. The molecule has 0 unspecified atom stereocenters. The molecule has 5 nitrogen and oxygen atoms in total. The minimum absolute atomic E-state index is 0.0635. The van der Waals surface area contributed by atoms with Gasteiger partial charge in [0.2, 0.25) is 0 Å². The van der Waals surface area contributed by atoms with Gasteiger partial charge in [-0.05, 0) is 48.0 Å². The van der Waals surface area contributed by atoms with Gasteiger partial charge in [-0.3, -0.25) is 14.4 Å². The van der Waals surface area contributed by atoms with E-state index < -0.39 is 11.8 Å². The third-order valence-electron chi connectivity index (χ3n) is 6.37. The minimum atomic E-state index is -0.622. The maximum Gasteiger partial charge on any atom is 0.191 e. The molecule has 2 atom stereocenters. The molecular formula is C26H36O5. The van der Waals surface area contributed by atoms with E-state index in [-0.39, 0.29) is 16.6 Å². The summed E-state index contributed by atoms with van der Waals surface area (Å²) in [6.07, 6.45) is 4.34. The summed E-state index contributed by atoms with van der Waals surface area (Å²) >= 11 is 0. The Morgan fingerprint density at radius 1 is 0.742 bits per heavy atom. The first-order valence-electron chi connectivity index (χ1n) is 11.4. The van der Waals surface area contributed by atoms with Gasteiger partial charge in [0.15, 0.2) is 16.6 Å². The molecule has 0 aromatic carbocycles. The summed E-state index contributed by atoms with van der Waals surface area (Å²) in [5.41, 5.74) is 2.01. The fourth-order valence-corrected chi connectivity index (χ4v) is 4.18. The second-order valence-corrected chi connectivity index (χ2v) is 8.59. The highest BCUT2D eigenvalue weighted by molar-refractivity contribution is 5.90. The molecule has 0 aliphatic heterocycles. The van der Waals surface area contributed by atoms with E-state index in [1.165, 1.54) is 0 Å². The largest absolute Gasteiger partial charge is 0.465 e. The summed E-state index contributed by atoms with van der Waals surface area (Å²) in [6, 6.07) is 0. The Hall–Kier alpha value is -2.43. The van der Waals surface area contributed by atoms with Crippen molar-refractivity contribution < 1.29 is 13.6 Å². The molecule has 0 amide bonds. The Kier molecular flexibility index (Phi) is 8.21. The van der Waals surface area contributed by atoms with E-state index in [2.05, 4.69) is 6.92 Å². The maximum atomic E-state index is 13.4. The number of carbonyl (C=O) groups is 1. The van der Waals surface area contributed by atoms with E-state index in [1.807, 2.05) is 6.92 Å². The van der Waals surface area contributed by atoms with Gasteiger partial charge in [0.25, 0.3) is 0 Å². The van der Waals surface area contributed by atoms with Crippen molar-refractivity contribution in [1.29, 1.82) is 0 Å². The first-order chi connectivity index (χ1) is 14.6. The standard InChI is InChI=1S/C26H36O5/c1-9-11-12-13-21-15(4)23(28)17(6)26(31-21)19(8)24(29)18(7)25-16(5)22(27)14(3)20(10-2)30-25/h18-19H,9-13H2,1-8H3/t18-,19+/m1/s1. The summed E-state index contributed by atoms with van der Waals surface area (Å²) < 4.78 is 12.1. The summed E-state index contributed by atoms with van der Waals surface area (Å²) in [7, 11) is 0. The smallest absolute Gasteiger partial charge is 0.191 e. The number of carbonyl (C=O) groups excluding carboxylic acids is 1. The van der Waals surface area contributed by atoms with Gasteiger partial charge in [0.1, 0.15) is 23.0 Å². The average Bonchev–Trinajstić information content (AvgIpc) is 2.76. The monoisotopic (exact) mass is 428 g/mol. The fourth-order valence-electron chi connectivity index (χ4n) is 4.18. The number of unbranched alkanes of at least 4 members (excludes halogenated alkanes) is 2. The van der Waals surface area contributed by atoms with Gasteiger partial charge in [-0.2, -0.15) is 0 Å². The van der Waals surface area contributed by atoms with Crippen LogP contribution < -0.4 is 10.9 Å². The number of aryl methyl sites for hydroxylation is 2. The lowest BCUT2D eigenvalue weighted by molar-refractivity contribution is -0.122. The highest BCUT2D eigenvalue weighted by Crippen LogP contribution is 2.30. The summed E-state index contributed by atoms with van der Waals surface area (Å²) in [5.74, 6) is 0.715. The molecule has 0 aliphatic carbocycles. The highest BCUT2D eigenvalue weighted by atomic mass is 16.3. The zero-order valence-corrected chi connectivity index (χ0v) is 20.2. The lowest BCUT2D eigenvalue weighted by Gasteiger charge is -2.20. The lowest BCUT2D eigenvalue weighted by atomic mass is 9.88. The number of ketones is 1. The molecule has 170 valence electrons. The van der Waals surface area contributed by atoms with Gasteiger partial charge >= 0.3 is 0 Å². The first kappa shape index (κ1) is 24.8. The topological polar surface area (TPSA) is 77.5 Å². The molecule has 2 heterocycles. The molecular weight excluding hydrogens is 392 g/mol. The summed E-state index contributed by atoms with van der Waals surface area (Å²) in [4.78, 5) is 38.8. The van der Waals surface area contributed by atoms with Gasteiger partial charge in [-0.25, -0.2) is 0 Å². The normalized spacial score (nSPS) is 13.3. The Morgan fingerprint density at radius 3 is 1.65 bits per heavy atom. The minimum Gasteiger partial charge on any atom is -0.465 e. The third-order valence-corrected chi connectivity index (χ3v) is 6.37. The van der Waals surface area contributed by atoms with Crippen LogP contribution in [0.4, 0.5) is 0 Å². The fraction of sp³-hybridized carbons (Fsp3) is 0.577. The Balaban J connectivity index is 2.47. The lowest BCUT2D eigenvalue weighted by Crippen LogP contribution is -2.24. The SMILES string of the molecule is CCCCCc1oc([C@@H](C)C(=O)[C@@H](C)c2oc(CC)c(C)c(=O)c2C)c(C)c(=O)c1C. The quantitative estimate of drug-likeness (QED) is 0.486. The van der Waals surface area contributed by atoms with E-state index in [0.717, 1.165) is 19.3 Å². The van der Waals surface area contributed by atoms with E-state index >= 15 is 0 Å². The maximum absolute atomic E-state index is 13.4. The van der Waals surface area contributed by atoms with Crippen LogP contribution in [0.25, 0.3) is 0 Å². The molecule has 5 heteroatoms. The van der Waals surface area contributed by atoms with Crippen LogP contribution in [-0.2, 0) is 17.6 Å². The van der Waals surface area contributed by atoms with Crippen LogP contribution in [0, 0.1) is 27.7 Å². The van der Waals surface area contributed by atoms with Crippen molar-refractivity contribution in [2.75, 3.05) is 0 Å². The number of Topliss-reactive ketones (excluding diaryl/α,β-unsaturated/α-hetero) is 1. The van der Waals surface area contributed by atoms with Crippen molar-refractivity contribution in [2.24, 2.45) is 0 Å². The molecule has 0 radical (unpaired) electrons. The van der Waals surface area contributed by atoms with Crippen molar-refractivity contribution in [1.82, 2.24) is 0 Å². The zero-order valence-electron chi connectivity index (χ0n) is 20.2. The van der Waals surface area contributed by atoms with Crippen LogP contribution in [0.1, 0.15) is 104 Å². The Labute approximate surface area is 184 Å². The van der Waals surface area contributed by atoms with Gasteiger partial charge in [-0.1, -0.05) is 26.7 Å². The second-order valence-electron chi connectivity index (χ2n) is 8.59. The van der Waals surface area contributed by atoms with Gasteiger partial charge in [0.05, 0.1) is 11.8 Å². The van der Waals surface area contributed by atoms with E-state index in [1.54, 1.807) is 41.5 Å². The van der Waals surface area contributed by atoms with Gasteiger partial charge < -0.3 is 8.83 Å². The summed E-state index contributed by atoms with van der Waals surface area (Å²) in [5, 5.41) is 0. The van der Waals surface area contributed by atoms with Crippen molar-refractivity contribution >= 4 is 5.78 Å². The van der Waals surface area contributed by atoms with E-state index in [0.29, 0.717) is 58.1 Å². The Bertz CT molecular complexity index is 1070. The molecule has 0 fully saturated rings. The zero-order chi connectivity index (χ0) is 23.5. The van der Waals surface area contributed by atoms with E-state index in [4.69, 9.17) is 8.83 Å². The van der Waals surface area contributed by atoms with Crippen molar-refractivity contribution in [2.45, 2.75) is 99.3 Å². The first-order valence-corrected chi connectivity index (χ1v) is 11.4. The third kappa shape index (κ3) is 4.91. The highest BCUT2D eigenvalue weighted by Gasteiger charge is 2.31. The van der Waals surface area contributed by atoms with Crippen LogP contribution >= 0.6 is 0 Å². The molecule has 0 N–H and O–H groups in total. The van der Waals surface area contributed by atoms with Crippen molar-refractivity contribution in [3.8, 4) is 0 Å².